The maximum atomic E-state index is 11.4. The topological polar surface area (TPSA) is 17.1 Å². The lowest BCUT2D eigenvalue weighted by atomic mass is 10.1. The molecule has 0 fully saturated rings. The largest absolute Gasteiger partial charge is 0.295 e. The second kappa shape index (κ2) is 4.79. The van der Waals surface area contributed by atoms with Crippen molar-refractivity contribution < 1.29 is 4.79 Å². The summed E-state index contributed by atoms with van der Waals surface area (Å²) in [5, 5.41) is 4.80. The van der Waals surface area contributed by atoms with Crippen LogP contribution in [0.4, 0.5) is 0 Å². The molecule has 3 heteroatoms. The molecule has 1 nitrogen and oxygen atoms in total. The summed E-state index contributed by atoms with van der Waals surface area (Å²) in [4.78, 5) is 12.6. The predicted molar refractivity (Wildman–Crippen MR) is 92.6 cm³/mol. The van der Waals surface area contributed by atoms with Gasteiger partial charge in [0.1, 0.15) is 0 Å². The first kappa shape index (κ1) is 12.7. The molecule has 2 aromatic heterocycles. The van der Waals surface area contributed by atoms with Crippen molar-refractivity contribution in [2.24, 2.45) is 0 Å². The van der Waals surface area contributed by atoms with Crippen molar-refractivity contribution in [1.29, 1.82) is 0 Å². The van der Waals surface area contributed by atoms with E-state index in [0.29, 0.717) is 0 Å². The molecule has 4 rings (SSSR count). The lowest BCUT2D eigenvalue weighted by Gasteiger charge is -1.98. The van der Waals surface area contributed by atoms with Crippen molar-refractivity contribution in [3.8, 4) is 10.4 Å². The highest BCUT2D eigenvalue weighted by Crippen LogP contribution is 2.38. The number of hydrogen-bond donors (Lipinski definition) is 0. The van der Waals surface area contributed by atoms with Gasteiger partial charge in [-0.15, -0.1) is 22.7 Å². The minimum absolute atomic E-state index is 0.109. The van der Waals surface area contributed by atoms with E-state index in [1.807, 2.05) is 24.3 Å². The number of Topliss-reactive ketones (excluding diaryl/α,β-unsaturated/α-hetero) is 1. The second-order valence-corrected chi connectivity index (χ2v) is 7.09. The van der Waals surface area contributed by atoms with Gasteiger partial charge in [0.05, 0.1) is 0 Å². The van der Waals surface area contributed by atoms with Crippen LogP contribution in [0.15, 0.2) is 53.9 Å². The fourth-order valence-corrected chi connectivity index (χ4v) is 4.46. The number of hydrogen-bond acceptors (Lipinski definition) is 3. The van der Waals surface area contributed by atoms with Gasteiger partial charge in [0.2, 0.25) is 0 Å². The summed E-state index contributed by atoms with van der Waals surface area (Å²) in [6, 6.07) is 16.7. The first-order valence-corrected chi connectivity index (χ1v) is 8.43. The van der Waals surface area contributed by atoms with Crippen molar-refractivity contribution in [2.45, 2.75) is 6.92 Å². The van der Waals surface area contributed by atoms with Crippen LogP contribution in [0.2, 0.25) is 0 Å². The monoisotopic (exact) mass is 308 g/mol. The van der Waals surface area contributed by atoms with E-state index < -0.39 is 0 Å². The molecule has 4 aromatic rings. The van der Waals surface area contributed by atoms with Gasteiger partial charge in [-0.1, -0.05) is 24.3 Å². The Morgan fingerprint density at radius 1 is 0.905 bits per heavy atom. The van der Waals surface area contributed by atoms with Gasteiger partial charge < -0.3 is 0 Å². The summed E-state index contributed by atoms with van der Waals surface area (Å²) < 4.78 is 2.64. The Hall–Kier alpha value is -1.97. The maximum absolute atomic E-state index is 11.4. The Morgan fingerprint density at radius 2 is 1.67 bits per heavy atom. The zero-order chi connectivity index (χ0) is 14.4. The highest BCUT2D eigenvalue weighted by Gasteiger charge is 2.08. The molecule has 0 spiro atoms. The maximum Gasteiger partial charge on any atom is 0.159 e. The molecule has 0 aliphatic rings. The predicted octanol–water partition coefficient (Wildman–Crippen LogP) is 5.99. The Kier molecular flexibility index (Phi) is 2.91. The van der Waals surface area contributed by atoms with Crippen molar-refractivity contribution in [2.75, 3.05) is 0 Å². The molecule has 0 aliphatic heterocycles. The molecule has 0 saturated carbocycles. The lowest BCUT2D eigenvalue weighted by molar-refractivity contribution is 0.101. The third-order valence-corrected chi connectivity index (χ3v) is 5.74. The average Bonchev–Trinajstić information content (AvgIpc) is 3.12. The summed E-state index contributed by atoms with van der Waals surface area (Å²) in [5.74, 6) is 0.109. The van der Waals surface area contributed by atoms with Crippen molar-refractivity contribution in [3.63, 3.8) is 0 Å². The zero-order valence-corrected chi connectivity index (χ0v) is 13.1. The van der Waals surface area contributed by atoms with Gasteiger partial charge in [0.15, 0.2) is 5.78 Å². The van der Waals surface area contributed by atoms with Gasteiger partial charge in [0, 0.05) is 30.6 Å². The minimum atomic E-state index is 0.109. The summed E-state index contributed by atoms with van der Waals surface area (Å²) in [6.45, 7) is 1.60. The van der Waals surface area contributed by atoms with Crippen LogP contribution in [0.25, 0.3) is 30.6 Å². The van der Waals surface area contributed by atoms with Gasteiger partial charge in [-0.2, -0.15) is 0 Å². The molecule has 0 unspecified atom stereocenters. The molecule has 0 aliphatic carbocycles. The van der Waals surface area contributed by atoms with Crippen LogP contribution >= 0.6 is 22.7 Å². The summed E-state index contributed by atoms with van der Waals surface area (Å²) >= 11 is 3.58. The van der Waals surface area contributed by atoms with E-state index in [2.05, 4.69) is 29.6 Å². The normalized spacial score (nSPS) is 11.3. The molecule has 21 heavy (non-hydrogen) atoms. The van der Waals surface area contributed by atoms with Gasteiger partial charge >= 0.3 is 0 Å². The van der Waals surface area contributed by atoms with E-state index in [-0.39, 0.29) is 5.78 Å². The summed E-state index contributed by atoms with van der Waals surface area (Å²) in [5.41, 5.74) is 1.93. The molecule has 0 bridgehead atoms. The number of ketones is 1. The number of thiophene rings is 2. The lowest BCUT2D eigenvalue weighted by Crippen LogP contribution is -1.90. The Balaban J connectivity index is 1.88. The number of rotatable bonds is 2. The van der Waals surface area contributed by atoms with Crippen LogP contribution in [0.1, 0.15) is 17.3 Å². The van der Waals surface area contributed by atoms with E-state index in [1.54, 1.807) is 29.6 Å². The summed E-state index contributed by atoms with van der Waals surface area (Å²) in [7, 11) is 0. The van der Waals surface area contributed by atoms with E-state index in [4.69, 9.17) is 0 Å². The third-order valence-electron chi connectivity index (χ3n) is 3.71. The van der Waals surface area contributed by atoms with Gasteiger partial charge in [-0.25, -0.2) is 0 Å². The van der Waals surface area contributed by atoms with Crippen LogP contribution in [-0.4, -0.2) is 5.78 Å². The molecule has 102 valence electrons. The Labute approximate surface area is 130 Å². The average molecular weight is 308 g/mol. The minimum Gasteiger partial charge on any atom is -0.295 e. The number of carbonyl (C=O) groups is 1. The molecule has 0 N–H and O–H groups in total. The van der Waals surface area contributed by atoms with E-state index >= 15 is 0 Å². The fourth-order valence-electron chi connectivity index (χ4n) is 2.57. The van der Waals surface area contributed by atoms with Crippen LogP contribution < -0.4 is 0 Å². The Bertz CT molecular complexity index is 958. The fraction of sp³-hybridized carbons (Fsp3) is 0.0556. The third kappa shape index (κ3) is 2.09. The molecular formula is C18H12OS2. The molecule has 0 amide bonds. The molecule has 0 saturated heterocycles. The highest BCUT2D eigenvalue weighted by atomic mass is 32.1. The van der Waals surface area contributed by atoms with Crippen molar-refractivity contribution >= 4 is 48.6 Å². The quantitative estimate of drug-likeness (QED) is 0.416. The van der Waals surface area contributed by atoms with Gasteiger partial charge in [0.25, 0.3) is 0 Å². The number of fused-ring (bicyclic) bond motifs is 3. The molecular weight excluding hydrogens is 296 g/mol. The second-order valence-electron chi connectivity index (χ2n) is 5.05. The summed E-state index contributed by atoms with van der Waals surface area (Å²) in [6.07, 6.45) is 0. The standard InChI is InChI=1S/C18H12OS2/c1-11(19)12-2-4-13(5-3-12)18-10-15-14-8-9-20-16(14)6-7-17(15)21-18/h2-10H,1H3. The first-order chi connectivity index (χ1) is 10.2. The first-order valence-electron chi connectivity index (χ1n) is 6.73. The molecule has 2 heterocycles. The van der Waals surface area contributed by atoms with Crippen LogP contribution in [0.3, 0.4) is 0 Å². The molecule has 0 radical (unpaired) electrons. The van der Waals surface area contributed by atoms with Crippen LogP contribution in [-0.2, 0) is 0 Å². The van der Waals surface area contributed by atoms with E-state index in [0.717, 1.165) is 5.56 Å². The SMILES string of the molecule is CC(=O)c1ccc(-c2cc3c(ccc4sccc43)s2)cc1. The smallest absolute Gasteiger partial charge is 0.159 e. The van der Waals surface area contributed by atoms with Crippen molar-refractivity contribution in [3.05, 3.63) is 59.5 Å². The van der Waals surface area contributed by atoms with Crippen molar-refractivity contribution in [1.82, 2.24) is 0 Å². The van der Waals surface area contributed by atoms with Gasteiger partial charge in [-0.05, 0) is 42.1 Å². The van der Waals surface area contributed by atoms with Crippen LogP contribution in [0, 0.1) is 0 Å². The zero-order valence-electron chi connectivity index (χ0n) is 11.4. The van der Waals surface area contributed by atoms with Crippen LogP contribution in [0.5, 0.6) is 0 Å². The highest BCUT2D eigenvalue weighted by molar-refractivity contribution is 7.23. The number of benzene rings is 2. The Morgan fingerprint density at radius 3 is 2.43 bits per heavy atom. The van der Waals surface area contributed by atoms with Gasteiger partial charge in [-0.3, -0.25) is 4.79 Å². The number of carbonyl (C=O) groups excluding carboxylic acids is 1. The van der Waals surface area contributed by atoms with E-state index in [9.17, 15) is 4.79 Å². The van der Waals surface area contributed by atoms with E-state index in [1.165, 1.54) is 30.6 Å². The molecule has 0 atom stereocenters. The molecule has 2 aromatic carbocycles.